The van der Waals surface area contributed by atoms with Crippen molar-refractivity contribution in [1.29, 1.82) is 0 Å². The zero-order valence-corrected chi connectivity index (χ0v) is 9.69. The third kappa shape index (κ3) is 5.04. The van der Waals surface area contributed by atoms with Gasteiger partial charge >= 0.3 is 0 Å². The second-order valence-corrected chi connectivity index (χ2v) is 3.72. The molecule has 0 aromatic heterocycles. The lowest BCUT2D eigenvalue weighted by atomic mass is 10.2. The minimum absolute atomic E-state index is 0.146. The molecule has 0 spiro atoms. The van der Waals surface area contributed by atoms with Gasteiger partial charge in [-0.15, -0.1) is 0 Å². The molecule has 0 aliphatic carbocycles. The van der Waals surface area contributed by atoms with Gasteiger partial charge in [-0.05, 0) is 36.3 Å². The SMILES string of the molecule is OCCCNC(=S)NCc1ccc(F)cc1. The molecule has 3 N–H and O–H groups in total. The summed E-state index contributed by atoms with van der Waals surface area (Å²) in [5.74, 6) is -0.243. The van der Waals surface area contributed by atoms with Crippen LogP contribution in [0.15, 0.2) is 24.3 Å². The minimum atomic E-state index is -0.243. The second-order valence-electron chi connectivity index (χ2n) is 3.31. The Balaban J connectivity index is 2.23. The highest BCUT2D eigenvalue weighted by Gasteiger charge is 1.96. The Bertz CT molecular complexity index is 329. The molecule has 0 unspecified atom stereocenters. The average Bonchev–Trinajstić information content (AvgIpc) is 2.29. The van der Waals surface area contributed by atoms with E-state index in [2.05, 4.69) is 10.6 Å². The van der Waals surface area contributed by atoms with E-state index in [0.29, 0.717) is 24.6 Å². The van der Waals surface area contributed by atoms with Crippen LogP contribution < -0.4 is 10.6 Å². The van der Waals surface area contributed by atoms with Crippen molar-refractivity contribution in [2.45, 2.75) is 13.0 Å². The van der Waals surface area contributed by atoms with Gasteiger partial charge in [0.2, 0.25) is 0 Å². The van der Waals surface area contributed by atoms with E-state index in [4.69, 9.17) is 17.3 Å². The third-order valence-corrected chi connectivity index (χ3v) is 2.28. The largest absolute Gasteiger partial charge is 0.396 e. The van der Waals surface area contributed by atoms with Crippen molar-refractivity contribution in [2.75, 3.05) is 13.2 Å². The van der Waals surface area contributed by atoms with Crippen LogP contribution in [0.2, 0.25) is 0 Å². The van der Waals surface area contributed by atoms with E-state index in [1.807, 2.05) is 0 Å². The lowest BCUT2D eigenvalue weighted by molar-refractivity contribution is 0.289. The molecule has 0 bridgehead atoms. The molecular weight excluding hydrogens is 227 g/mol. The smallest absolute Gasteiger partial charge is 0.166 e. The fraction of sp³-hybridized carbons (Fsp3) is 0.364. The summed E-state index contributed by atoms with van der Waals surface area (Å²) in [4.78, 5) is 0. The van der Waals surface area contributed by atoms with Crippen LogP contribution in [0.1, 0.15) is 12.0 Å². The molecule has 0 aliphatic rings. The molecule has 0 amide bonds. The number of aliphatic hydroxyl groups is 1. The molecule has 88 valence electrons. The highest BCUT2D eigenvalue weighted by atomic mass is 32.1. The van der Waals surface area contributed by atoms with Crippen LogP contribution in [0.25, 0.3) is 0 Å². The summed E-state index contributed by atoms with van der Waals surface area (Å²) in [6.07, 6.45) is 0.665. The third-order valence-electron chi connectivity index (χ3n) is 1.99. The van der Waals surface area contributed by atoms with Crippen LogP contribution in [0, 0.1) is 5.82 Å². The Labute approximate surface area is 99.7 Å². The molecule has 1 aromatic rings. The number of rotatable bonds is 5. The maximum absolute atomic E-state index is 12.6. The molecule has 0 radical (unpaired) electrons. The predicted molar refractivity (Wildman–Crippen MR) is 65.5 cm³/mol. The second kappa shape index (κ2) is 7.14. The van der Waals surface area contributed by atoms with Gasteiger partial charge in [-0.25, -0.2) is 4.39 Å². The zero-order chi connectivity index (χ0) is 11.8. The topological polar surface area (TPSA) is 44.3 Å². The number of benzene rings is 1. The van der Waals surface area contributed by atoms with Gasteiger partial charge in [0, 0.05) is 19.7 Å². The van der Waals surface area contributed by atoms with E-state index in [0.717, 1.165) is 5.56 Å². The first-order valence-corrected chi connectivity index (χ1v) is 5.50. The number of hydrogen-bond acceptors (Lipinski definition) is 2. The van der Waals surface area contributed by atoms with E-state index in [-0.39, 0.29) is 12.4 Å². The first kappa shape index (κ1) is 12.9. The lowest BCUT2D eigenvalue weighted by Crippen LogP contribution is -2.35. The summed E-state index contributed by atoms with van der Waals surface area (Å²) in [5, 5.41) is 15.1. The molecule has 0 saturated heterocycles. The number of hydrogen-bond donors (Lipinski definition) is 3. The molecule has 16 heavy (non-hydrogen) atoms. The highest BCUT2D eigenvalue weighted by Crippen LogP contribution is 2.01. The molecule has 0 saturated carbocycles. The molecule has 3 nitrogen and oxygen atoms in total. The van der Waals surface area contributed by atoms with E-state index in [1.165, 1.54) is 12.1 Å². The molecule has 0 aliphatic heterocycles. The molecule has 0 heterocycles. The summed E-state index contributed by atoms with van der Waals surface area (Å²) in [6.45, 7) is 1.35. The van der Waals surface area contributed by atoms with Crippen LogP contribution in [-0.2, 0) is 6.54 Å². The average molecular weight is 242 g/mol. The molecule has 1 rings (SSSR count). The van der Waals surface area contributed by atoms with Gasteiger partial charge in [0.25, 0.3) is 0 Å². The van der Waals surface area contributed by atoms with Crippen LogP contribution in [0.4, 0.5) is 4.39 Å². The maximum Gasteiger partial charge on any atom is 0.166 e. The summed E-state index contributed by atoms with van der Waals surface area (Å²) in [6, 6.07) is 6.25. The van der Waals surface area contributed by atoms with E-state index in [9.17, 15) is 4.39 Å². The number of aliphatic hydroxyl groups excluding tert-OH is 1. The first-order chi connectivity index (χ1) is 7.72. The van der Waals surface area contributed by atoms with Crippen molar-refractivity contribution in [3.05, 3.63) is 35.6 Å². The van der Waals surface area contributed by atoms with E-state index >= 15 is 0 Å². The van der Waals surface area contributed by atoms with Crippen molar-refractivity contribution in [3.8, 4) is 0 Å². The van der Waals surface area contributed by atoms with Gasteiger partial charge < -0.3 is 15.7 Å². The summed E-state index contributed by atoms with van der Waals surface area (Å²) >= 11 is 5.01. The van der Waals surface area contributed by atoms with E-state index < -0.39 is 0 Å². The number of nitrogens with one attached hydrogen (secondary N) is 2. The highest BCUT2D eigenvalue weighted by molar-refractivity contribution is 7.80. The van der Waals surface area contributed by atoms with E-state index in [1.54, 1.807) is 12.1 Å². The van der Waals surface area contributed by atoms with Gasteiger partial charge in [0.15, 0.2) is 5.11 Å². The summed E-state index contributed by atoms with van der Waals surface area (Å²) in [5.41, 5.74) is 0.965. The quantitative estimate of drug-likeness (QED) is 0.536. The van der Waals surface area contributed by atoms with Crippen molar-refractivity contribution < 1.29 is 9.50 Å². The van der Waals surface area contributed by atoms with Crippen molar-refractivity contribution in [2.24, 2.45) is 0 Å². The fourth-order valence-electron chi connectivity index (χ4n) is 1.13. The normalized spacial score (nSPS) is 9.88. The molecule has 1 aromatic carbocycles. The minimum Gasteiger partial charge on any atom is -0.396 e. The van der Waals surface area contributed by atoms with Crippen LogP contribution in [-0.4, -0.2) is 23.4 Å². The molecular formula is C11H15FN2OS. The lowest BCUT2D eigenvalue weighted by Gasteiger charge is -2.09. The number of thiocarbonyl (C=S) groups is 1. The van der Waals surface area contributed by atoms with Crippen LogP contribution >= 0.6 is 12.2 Å². The van der Waals surface area contributed by atoms with Crippen LogP contribution in [0.5, 0.6) is 0 Å². The Hall–Kier alpha value is -1.20. The summed E-state index contributed by atoms with van der Waals surface area (Å²) < 4.78 is 12.6. The fourth-order valence-corrected chi connectivity index (χ4v) is 1.30. The van der Waals surface area contributed by atoms with Crippen molar-refractivity contribution in [1.82, 2.24) is 10.6 Å². The number of halogens is 1. The summed E-state index contributed by atoms with van der Waals surface area (Å²) in [7, 11) is 0. The van der Waals surface area contributed by atoms with Gasteiger partial charge in [0.05, 0.1) is 0 Å². The first-order valence-electron chi connectivity index (χ1n) is 5.09. The molecule has 5 heteroatoms. The Morgan fingerprint density at radius 3 is 2.56 bits per heavy atom. The molecule has 0 atom stereocenters. The van der Waals surface area contributed by atoms with Crippen molar-refractivity contribution in [3.63, 3.8) is 0 Å². The zero-order valence-electron chi connectivity index (χ0n) is 8.87. The Kier molecular flexibility index (Phi) is 5.74. The predicted octanol–water partition coefficient (Wildman–Crippen LogP) is 1.17. The van der Waals surface area contributed by atoms with Crippen molar-refractivity contribution >= 4 is 17.3 Å². The van der Waals surface area contributed by atoms with Gasteiger partial charge in [-0.1, -0.05) is 12.1 Å². The monoisotopic (exact) mass is 242 g/mol. The standard InChI is InChI=1S/C11H15FN2OS/c12-10-4-2-9(3-5-10)8-14-11(16)13-6-1-7-15/h2-5,15H,1,6-8H2,(H2,13,14,16). The maximum atomic E-state index is 12.6. The van der Waals surface area contributed by atoms with Gasteiger partial charge in [0.1, 0.15) is 5.82 Å². The van der Waals surface area contributed by atoms with Gasteiger partial charge in [-0.3, -0.25) is 0 Å². The van der Waals surface area contributed by atoms with Crippen LogP contribution in [0.3, 0.4) is 0 Å². The Morgan fingerprint density at radius 1 is 1.25 bits per heavy atom. The van der Waals surface area contributed by atoms with Gasteiger partial charge in [-0.2, -0.15) is 0 Å². The Morgan fingerprint density at radius 2 is 1.94 bits per heavy atom. The molecule has 0 fully saturated rings.